The zero-order valence-corrected chi connectivity index (χ0v) is 14.5. The van der Waals surface area contributed by atoms with E-state index in [2.05, 4.69) is 16.4 Å². The summed E-state index contributed by atoms with van der Waals surface area (Å²) in [5.41, 5.74) is 2.57. The monoisotopic (exact) mass is 329 g/mol. The van der Waals surface area contributed by atoms with E-state index >= 15 is 0 Å². The number of pyridine rings is 1. The van der Waals surface area contributed by atoms with Crippen LogP contribution >= 0.6 is 0 Å². The number of amides is 2. The highest BCUT2D eigenvalue weighted by atomic mass is 16.2. The molecule has 0 atom stereocenters. The third kappa shape index (κ3) is 6.52. The van der Waals surface area contributed by atoms with E-state index < -0.39 is 0 Å². The summed E-state index contributed by atoms with van der Waals surface area (Å²) in [5.74, 6) is -0.328. The normalized spacial score (nSPS) is 14.0. The van der Waals surface area contributed by atoms with Gasteiger partial charge in [-0.3, -0.25) is 14.6 Å². The van der Waals surface area contributed by atoms with Crippen molar-refractivity contribution >= 4 is 11.8 Å². The molecule has 1 N–H and O–H groups in total. The average Bonchev–Trinajstić information content (AvgIpc) is 2.61. The number of likely N-dealkylation sites (N-methyl/N-ethyl adjacent to an activating group) is 1. The van der Waals surface area contributed by atoms with Gasteiger partial charge in [-0.05, 0) is 56.2 Å². The van der Waals surface area contributed by atoms with Crippen LogP contribution in [0.15, 0.2) is 36.2 Å². The first-order chi connectivity index (χ1) is 11.6. The van der Waals surface area contributed by atoms with Crippen LogP contribution in [-0.4, -0.2) is 41.8 Å². The Hall–Kier alpha value is -2.17. The summed E-state index contributed by atoms with van der Waals surface area (Å²) in [7, 11) is 1.74. The second-order valence-corrected chi connectivity index (χ2v) is 6.31. The predicted octanol–water partition coefficient (Wildman–Crippen LogP) is 2.48. The van der Waals surface area contributed by atoms with E-state index in [-0.39, 0.29) is 18.2 Å². The van der Waals surface area contributed by atoms with Crippen molar-refractivity contribution in [2.24, 2.45) is 0 Å². The number of hydrogen-bond donors (Lipinski definition) is 1. The Labute approximate surface area is 144 Å². The van der Waals surface area contributed by atoms with Crippen LogP contribution in [0.25, 0.3) is 0 Å². The van der Waals surface area contributed by atoms with Crippen molar-refractivity contribution in [1.29, 1.82) is 0 Å². The Morgan fingerprint density at radius 3 is 2.71 bits per heavy atom. The van der Waals surface area contributed by atoms with Crippen LogP contribution in [-0.2, 0) is 16.0 Å². The van der Waals surface area contributed by atoms with Gasteiger partial charge in [0.2, 0.25) is 11.8 Å². The first-order valence-corrected chi connectivity index (χ1v) is 8.72. The molecule has 1 heterocycles. The maximum Gasteiger partial charge on any atom is 0.231 e. The summed E-state index contributed by atoms with van der Waals surface area (Å²) >= 11 is 0. The number of aromatic nitrogens is 1. The molecule has 0 saturated carbocycles. The Morgan fingerprint density at radius 1 is 1.21 bits per heavy atom. The predicted molar refractivity (Wildman–Crippen MR) is 94.4 cm³/mol. The molecule has 24 heavy (non-hydrogen) atoms. The second kappa shape index (κ2) is 9.85. The molecule has 0 bridgehead atoms. The lowest BCUT2D eigenvalue weighted by atomic mass is 9.97. The summed E-state index contributed by atoms with van der Waals surface area (Å²) in [4.78, 5) is 29.6. The molecule has 0 fully saturated rings. The van der Waals surface area contributed by atoms with E-state index in [0.717, 1.165) is 31.2 Å². The Balaban J connectivity index is 1.63. The number of carbonyl (C=O) groups is 2. The second-order valence-electron chi connectivity index (χ2n) is 6.31. The summed E-state index contributed by atoms with van der Waals surface area (Å²) < 4.78 is 0. The van der Waals surface area contributed by atoms with Gasteiger partial charge in [-0.25, -0.2) is 0 Å². The van der Waals surface area contributed by atoms with Gasteiger partial charge in [0.15, 0.2) is 0 Å². The van der Waals surface area contributed by atoms with Crippen molar-refractivity contribution in [1.82, 2.24) is 15.2 Å². The molecule has 130 valence electrons. The molecule has 0 unspecified atom stereocenters. The lowest BCUT2D eigenvalue weighted by molar-refractivity contribution is -0.135. The molecule has 1 aliphatic carbocycles. The highest BCUT2D eigenvalue weighted by Gasteiger charge is 2.14. The van der Waals surface area contributed by atoms with Crippen LogP contribution in [0.3, 0.4) is 0 Å². The van der Waals surface area contributed by atoms with Crippen molar-refractivity contribution in [3.05, 3.63) is 41.7 Å². The van der Waals surface area contributed by atoms with Gasteiger partial charge in [0, 0.05) is 32.5 Å². The van der Waals surface area contributed by atoms with Gasteiger partial charge >= 0.3 is 0 Å². The lowest BCUT2D eigenvalue weighted by Gasteiger charge is -2.17. The molecule has 0 aromatic carbocycles. The third-order valence-corrected chi connectivity index (χ3v) is 4.38. The maximum absolute atomic E-state index is 12.1. The van der Waals surface area contributed by atoms with Crippen LogP contribution in [0, 0.1) is 0 Å². The Kier molecular flexibility index (Phi) is 7.46. The van der Waals surface area contributed by atoms with Crippen molar-refractivity contribution < 1.29 is 9.59 Å². The largest absolute Gasteiger partial charge is 0.355 e. The van der Waals surface area contributed by atoms with Gasteiger partial charge in [0.25, 0.3) is 0 Å². The minimum Gasteiger partial charge on any atom is -0.355 e. The van der Waals surface area contributed by atoms with Crippen molar-refractivity contribution in [2.75, 3.05) is 20.1 Å². The maximum atomic E-state index is 12.1. The quantitative estimate of drug-likeness (QED) is 0.589. The molecule has 2 rings (SSSR count). The minimum atomic E-state index is -0.188. The van der Waals surface area contributed by atoms with Gasteiger partial charge in [-0.15, -0.1) is 0 Å². The molecule has 0 spiro atoms. The topological polar surface area (TPSA) is 62.3 Å². The average molecular weight is 329 g/mol. The SMILES string of the molecule is CN(CCc1ccncc1)C(=O)CC(=O)NCCC1=CCCCC1. The molecule has 0 aliphatic heterocycles. The van der Waals surface area contributed by atoms with E-state index in [9.17, 15) is 9.59 Å². The highest BCUT2D eigenvalue weighted by Crippen LogP contribution is 2.19. The first-order valence-electron chi connectivity index (χ1n) is 8.72. The van der Waals surface area contributed by atoms with Gasteiger partial charge < -0.3 is 10.2 Å². The summed E-state index contributed by atoms with van der Waals surface area (Å²) in [6, 6.07) is 3.87. The summed E-state index contributed by atoms with van der Waals surface area (Å²) in [6.07, 6.45) is 12.2. The molecular formula is C19H27N3O2. The molecule has 1 aliphatic rings. The molecule has 5 nitrogen and oxygen atoms in total. The van der Waals surface area contributed by atoms with E-state index in [1.54, 1.807) is 24.3 Å². The zero-order chi connectivity index (χ0) is 17.2. The fraction of sp³-hybridized carbons (Fsp3) is 0.526. The number of hydrogen-bond acceptors (Lipinski definition) is 3. The minimum absolute atomic E-state index is 0.0775. The third-order valence-electron chi connectivity index (χ3n) is 4.38. The van der Waals surface area contributed by atoms with E-state index in [1.165, 1.54) is 18.4 Å². The van der Waals surface area contributed by atoms with Gasteiger partial charge in [-0.1, -0.05) is 11.6 Å². The zero-order valence-electron chi connectivity index (χ0n) is 14.5. The molecule has 0 radical (unpaired) electrons. The van der Waals surface area contributed by atoms with Crippen LogP contribution in [0.2, 0.25) is 0 Å². The van der Waals surface area contributed by atoms with Crippen LogP contribution in [0.5, 0.6) is 0 Å². The van der Waals surface area contributed by atoms with E-state index in [4.69, 9.17) is 0 Å². The molecule has 5 heteroatoms. The molecule has 1 aromatic rings. The van der Waals surface area contributed by atoms with Crippen molar-refractivity contribution in [3.63, 3.8) is 0 Å². The molecular weight excluding hydrogens is 302 g/mol. The summed E-state index contributed by atoms with van der Waals surface area (Å²) in [6.45, 7) is 1.22. The number of allylic oxidation sites excluding steroid dienone is 1. The fourth-order valence-electron chi connectivity index (χ4n) is 2.80. The first kappa shape index (κ1) is 18.2. The van der Waals surface area contributed by atoms with Crippen LogP contribution in [0.1, 0.15) is 44.1 Å². The van der Waals surface area contributed by atoms with Crippen molar-refractivity contribution in [3.8, 4) is 0 Å². The number of nitrogens with zero attached hydrogens (tertiary/aromatic N) is 2. The molecule has 2 amide bonds. The Morgan fingerprint density at radius 2 is 2.00 bits per heavy atom. The van der Waals surface area contributed by atoms with E-state index in [0.29, 0.717) is 13.1 Å². The van der Waals surface area contributed by atoms with Crippen LogP contribution in [0.4, 0.5) is 0 Å². The number of rotatable bonds is 8. The standard InChI is InChI=1S/C19H27N3O2/c1-22(14-10-17-7-11-20-12-8-17)19(24)15-18(23)21-13-9-16-5-3-2-4-6-16/h5,7-8,11-12H,2-4,6,9-10,13-15H2,1H3,(H,21,23). The highest BCUT2D eigenvalue weighted by molar-refractivity contribution is 5.96. The lowest BCUT2D eigenvalue weighted by Crippen LogP contribution is -2.34. The van der Waals surface area contributed by atoms with E-state index in [1.807, 2.05) is 12.1 Å². The number of carbonyl (C=O) groups excluding carboxylic acids is 2. The fourth-order valence-corrected chi connectivity index (χ4v) is 2.80. The van der Waals surface area contributed by atoms with Gasteiger partial charge in [0.1, 0.15) is 6.42 Å². The Bertz CT molecular complexity index is 569. The smallest absolute Gasteiger partial charge is 0.231 e. The summed E-state index contributed by atoms with van der Waals surface area (Å²) in [5, 5.41) is 2.85. The number of nitrogens with one attached hydrogen (secondary N) is 1. The van der Waals surface area contributed by atoms with Crippen LogP contribution < -0.4 is 5.32 Å². The van der Waals surface area contributed by atoms with Crippen molar-refractivity contribution in [2.45, 2.75) is 44.9 Å². The van der Waals surface area contributed by atoms with Gasteiger partial charge in [0.05, 0.1) is 0 Å². The van der Waals surface area contributed by atoms with Gasteiger partial charge in [-0.2, -0.15) is 0 Å². The molecule has 1 aromatic heterocycles. The molecule has 0 saturated heterocycles.